The first kappa shape index (κ1) is 25.9. The highest BCUT2D eigenvalue weighted by Gasteiger charge is 2.31. The van der Waals surface area contributed by atoms with Crippen molar-refractivity contribution in [3.63, 3.8) is 0 Å². The third-order valence-electron chi connectivity index (χ3n) is 5.22. The standard InChI is InChI=1S/C23H20F3N5O5S/c24-23(25,26)36-16-10-8-15(9-11-16)31-21(32)18-6-2-1-5-17(18)20(29-31)28-19-7-3-12-30(22(19)33)13-4-14-37(27,34)35/h1-3,5-12H,4,13-14H2,(H,28,29)(H2,27,34,35). The lowest BCUT2D eigenvalue weighted by Gasteiger charge is -2.14. The minimum absolute atomic E-state index is 0.102. The van der Waals surface area contributed by atoms with Crippen LogP contribution in [0.1, 0.15) is 6.42 Å². The average Bonchev–Trinajstić information content (AvgIpc) is 2.82. The van der Waals surface area contributed by atoms with Crippen molar-refractivity contribution in [1.82, 2.24) is 14.3 Å². The number of rotatable bonds is 8. The molecule has 10 nitrogen and oxygen atoms in total. The Kier molecular flexibility index (Phi) is 7.05. The van der Waals surface area contributed by atoms with Gasteiger partial charge in [0.05, 0.1) is 16.8 Å². The van der Waals surface area contributed by atoms with Gasteiger partial charge in [0.15, 0.2) is 5.82 Å². The molecule has 4 aromatic rings. The summed E-state index contributed by atoms with van der Waals surface area (Å²) in [5.41, 5.74) is -0.718. The summed E-state index contributed by atoms with van der Waals surface area (Å²) >= 11 is 0. The number of anilines is 2. The molecule has 0 atom stereocenters. The number of halogens is 3. The predicted molar refractivity (Wildman–Crippen MR) is 131 cm³/mol. The lowest BCUT2D eigenvalue weighted by atomic mass is 10.2. The SMILES string of the molecule is NS(=O)(=O)CCCn1cccc(Nc2nn(-c3ccc(OC(F)(F)F)cc3)c(=O)c3ccccc23)c1=O. The largest absolute Gasteiger partial charge is 0.573 e. The molecule has 0 radical (unpaired) electrons. The summed E-state index contributed by atoms with van der Waals surface area (Å²) < 4.78 is 66.0. The van der Waals surface area contributed by atoms with E-state index in [2.05, 4.69) is 15.2 Å². The fraction of sp³-hybridized carbons (Fsp3) is 0.174. The quantitative estimate of drug-likeness (QED) is 0.354. The number of nitrogens with zero attached hydrogens (tertiary/aromatic N) is 3. The maximum atomic E-state index is 13.1. The van der Waals surface area contributed by atoms with Crippen molar-refractivity contribution in [3.8, 4) is 11.4 Å². The molecule has 2 aromatic heterocycles. The van der Waals surface area contributed by atoms with Gasteiger partial charge in [-0.3, -0.25) is 9.59 Å². The van der Waals surface area contributed by atoms with Gasteiger partial charge in [0, 0.05) is 18.1 Å². The van der Waals surface area contributed by atoms with Crippen LogP contribution >= 0.6 is 0 Å². The van der Waals surface area contributed by atoms with Crippen molar-refractivity contribution in [2.75, 3.05) is 11.1 Å². The summed E-state index contributed by atoms with van der Waals surface area (Å²) in [4.78, 5) is 26.1. The molecule has 0 fully saturated rings. The van der Waals surface area contributed by atoms with E-state index in [1.807, 2.05) is 0 Å². The number of nitrogens with two attached hydrogens (primary N) is 1. The molecule has 0 amide bonds. The number of hydrogen-bond acceptors (Lipinski definition) is 7. The molecule has 2 heterocycles. The number of ether oxygens (including phenoxy) is 1. The van der Waals surface area contributed by atoms with Crippen molar-refractivity contribution in [3.05, 3.63) is 87.6 Å². The second kappa shape index (κ2) is 10.1. The minimum Gasteiger partial charge on any atom is -0.406 e. The Hall–Kier alpha value is -4.17. The summed E-state index contributed by atoms with van der Waals surface area (Å²) in [6.45, 7) is 0.102. The summed E-state index contributed by atoms with van der Waals surface area (Å²) in [7, 11) is -3.67. The Balaban J connectivity index is 1.72. The molecule has 37 heavy (non-hydrogen) atoms. The Bertz CT molecular complexity index is 1670. The van der Waals surface area contributed by atoms with Gasteiger partial charge in [0.1, 0.15) is 11.4 Å². The smallest absolute Gasteiger partial charge is 0.406 e. The van der Waals surface area contributed by atoms with Gasteiger partial charge >= 0.3 is 6.36 Å². The van der Waals surface area contributed by atoms with Crippen LogP contribution in [0.4, 0.5) is 24.7 Å². The van der Waals surface area contributed by atoms with Crippen LogP contribution in [-0.4, -0.2) is 34.9 Å². The number of benzene rings is 2. The van der Waals surface area contributed by atoms with Gasteiger partial charge in [-0.15, -0.1) is 18.3 Å². The van der Waals surface area contributed by atoms with Crippen LogP contribution in [0.25, 0.3) is 16.5 Å². The minimum atomic E-state index is -4.86. The maximum Gasteiger partial charge on any atom is 0.573 e. The van der Waals surface area contributed by atoms with E-state index in [-0.39, 0.29) is 41.3 Å². The van der Waals surface area contributed by atoms with Gasteiger partial charge < -0.3 is 14.6 Å². The number of hydrogen-bond donors (Lipinski definition) is 2. The molecular formula is C23H20F3N5O5S. The highest BCUT2D eigenvalue weighted by Crippen LogP contribution is 2.25. The fourth-order valence-corrected chi connectivity index (χ4v) is 4.15. The molecule has 4 rings (SSSR count). The van der Waals surface area contributed by atoms with Gasteiger partial charge in [-0.2, -0.15) is 4.68 Å². The number of primary sulfonamides is 1. The number of nitrogens with one attached hydrogen (secondary N) is 1. The zero-order chi connectivity index (χ0) is 26.8. The molecule has 194 valence electrons. The van der Waals surface area contributed by atoms with Crippen LogP contribution in [0.2, 0.25) is 0 Å². The zero-order valence-corrected chi connectivity index (χ0v) is 19.8. The third kappa shape index (κ3) is 6.34. The topological polar surface area (TPSA) is 138 Å². The number of aromatic nitrogens is 3. The van der Waals surface area contributed by atoms with Gasteiger partial charge in [-0.1, -0.05) is 18.2 Å². The van der Waals surface area contributed by atoms with E-state index in [4.69, 9.17) is 5.14 Å². The van der Waals surface area contributed by atoms with Crippen molar-refractivity contribution in [2.45, 2.75) is 19.3 Å². The van der Waals surface area contributed by atoms with E-state index in [9.17, 15) is 31.2 Å². The second-order valence-electron chi connectivity index (χ2n) is 7.92. The summed E-state index contributed by atoms with van der Waals surface area (Å²) in [5.74, 6) is -0.609. The van der Waals surface area contributed by atoms with Crippen molar-refractivity contribution in [2.24, 2.45) is 5.14 Å². The number of alkyl halides is 3. The fourth-order valence-electron chi connectivity index (χ4n) is 3.62. The number of fused-ring (bicyclic) bond motifs is 1. The molecule has 3 N–H and O–H groups in total. The van der Waals surface area contributed by atoms with Gasteiger partial charge in [0.2, 0.25) is 10.0 Å². The Morgan fingerprint density at radius 3 is 2.27 bits per heavy atom. The van der Waals surface area contributed by atoms with Crippen LogP contribution in [-0.2, 0) is 16.6 Å². The molecule has 0 bridgehead atoms. The van der Waals surface area contributed by atoms with Gasteiger partial charge in [-0.25, -0.2) is 13.6 Å². The lowest BCUT2D eigenvalue weighted by Crippen LogP contribution is -2.26. The van der Waals surface area contributed by atoms with E-state index in [1.165, 1.54) is 29.0 Å². The highest BCUT2D eigenvalue weighted by atomic mass is 32.2. The summed E-state index contributed by atoms with van der Waals surface area (Å²) in [5, 5.41) is 12.9. The molecule has 0 aliphatic heterocycles. The Morgan fingerprint density at radius 1 is 0.946 bits per heavy atom. The number of aryl methyl sites for hydroxylation is 1. The molecule has 0 saturated carbocycles. The Morgan fingerprint density at radius 2 is 1.62 bits per heavy atom. The van der Waals surface area contributed by atoms with Crippen molar-refractivity contribution >= 4 is 32.3 Å². The second-order valence-corrected chi connectivity index (χ2v) is 9.65. The number of sulfonamides is 1. The number of pyridine rings is 1. The highest BCUT2D eigenvalue weighted by molar-refractivity contribution is 7.89. The van der Waals surface area contributed by atoms with Crippen LogP contribution in [0.3, 0.4) is 0 Å². The molecule has 0 aliphatic carbocycles. The first-order valence-electron chi connectivity index (χ1n) is 10.8. The normalized spacial score (nSPS) is 12.0. The van der Waals surface area contributed by atoms with Crippen LogP contribution in [0.15, 0.2) is 76.4 Å². The van der Waals surface area contributed by atoms with Crippen LogP contribution in [0.5, 0.6) is 5.75 Å². The third-order valence-corrected chi connectivity index (χ3v) is 6.08. The van der Waals surface area contributed by atoms with Crippen molar-refractivity contribution < 1.29 is 26.3 Å². The molecule has 14 heteroatoms. The van der Waals surface area contributed by atoms with E-state index >= 15 is 0 Å². The monoisotopic (exact) mass is 535 g/mol. The van der Waals surface area contributed by atoms with E-state index in [1.54, 1.807) is 30.3 Å². The van der Waals surface area contributed by atoms with Crippen LogP contribution in [0, 0.1) is 0 Å². The summed E-state index contributed by atoms with van der Waals surface area (Å²) in [6, 6.07) is 14.2. The van der Waals surface area contributed by atoms with E-state index in [0.29, 0.717) is 5.39 Å². The van der Waals surface area contributed by atoms with Gasteiger partial charge in [0.25, 0.3) is 11.1 Å². The van der Waals surface area contributed by atoms with Crippen LogP contribution < -0.4 is 26.3 Å². The van der Waals surface area contributed by atoms with Gasteiger partial charge in [-0.05, 0) is 48.9 Å². The average molecular weight is 536 g/mol. The molecular weight excluding hydrogens is 515 g/mol. The molecule has 0 unspecified atom stereocenters. The molecule has 2 aromatic carbocycles. The molecule has 0 aliphatic rings. The van der Waals surface area contributed by atoms with E-state index < -0.39 is 33.3 Å². The maximum absolute atomic E-state index is 13.1. The molecule has 0 saturated heterocycles. The Labute approximate surface area is 207 Å². The summed E-state index contributed by atoms with van der Waals surface area (Å²) in [6.07, 6.45) is -3.24. The first-order chi connectivity index (χ1) is 17.4. The van der Waals surface area contributed by atoms with Crippen molar-refractivity contribution in [1.29, 1.82) is 0 Å². The lowest BCUT2D eigenvalue weighted by molar-refractivity contribution is -0.274. The predicted octanol–water partition coefficient (Wildman–Crippen LogP) is 2.87. The zero-order valence-electron chi connectivity index (χ0n) is 19.0. The molecule has 0 spiro atoms. The van der Waals surface area contributed by atoms with E-state index in [0.717, 1.165) is 16.8 Å². The first-order valence-corrected chi connectivity index (χ1v) is 12.5.